The lowest BCUT2D eigenvalue weighted by molar-refractivity contribution is -0.130. The van der Waals surface area contributed by atoms with Crippen molar-refractivity contribution in [2.24, 2.45) is 0 Å². The highest BCUT2D eigenvalue weighted by atomic mass is 27.0. The average Bonchev–Trinajstić information content (AvgIpc) is 3.07. The number of carbonyl (C=O) groups is 2. The monoisotopic (exact) mass is 334 g/mol. The van der Waals surface area contributed by atoms with Crippen molar-refractivity contribution < 1.29 is 9.59 Å². The Morgan fingerprint density at radius 3 is 3.04 bits per heavy atom. The van der Waals surface area contributed by atoms with E-state index in [2.05, 4.69) is 32.7 Å². The molecule has 7 heteroatoms. The number of nitriles is 1. The lowest BCUT2D eigenvalue weighted by Crippen LogP contribution is -2.42. The van der Waals surface area contributed by atoms with Gasteiger partial charge in [-0.05, 0) is 25.0 Å². The first-order valence-electron chi connectivity index (χ1n) is 7.71. The van der Waals surface area contributed by atoms with Crippen LogP contribution in [0.4, 0.5) is 0 Å². The van der Waals surface area contributed by atoms with Gasteiger partial charge in [-0.1, -0.05) is 12.1 Å². The number of carbonyl (C=O) groups excluding carboxylic acids is 2. The number of likely N-dealkylation sites (tertiary alicyclic amines) is 1. The van der Waals surface area contributed by atoms with E-state index in [4.69, 9.17) is 5.26 Å². The van der Waals surface area contributed by atoms with Gasteiger partial charge in [0.25, 0.3) is 5.91 Å². The Labute approximate surface area is 147 Å². The van der Waals surface area contributed by atoms with Crippen LogP contribution < -0.4 is 9.74 Å². The molecule has 118 valence electrons. The highest BCUT2D eigenvalue weighted by Crippen LogP contribution is 2.17. The number of benzene rings is 1. The maximum absolute atomic E-state index is 12.5. The number of pyridine rings is 1. The molecule has 1 atom stereocenters. The van der Waals surface area contributed by atoms with Crippen molar-refractivity contribution in [3.05, 3.63) is 36.0 Å². The molecule has 1 saturated heterocycles. The minimum Gasteiger partial charge on any atom is -0.343 e. The minimum absolute atomic E-state index is 0.110. The molecule has 1 aromatic carbocycles. The number of aromatic nitrogens is 1. The maximum Gasteiger partial charge on any atom is 0.252 e. The molecule has 3 rings (SSSR count). The van der Waals surface area contributed by atoms with Crippen LogP contribution in [0.15, 0.2) is 30.5 Å². The largest absolute Gasteiger partial charge is 0.343 e. The van der Waals surface area contributed by atoms with E-state index in [-0.39, 0.29) is 24.4 Å². The summed E-state index contributed by atoms with van der Waals surface area (Å²) in [5.41, 5.74) is 1.21. The topological polar surface area (TPSA) is 86.1 Å². The molecule has 6 nitrogen and oxygen atoms in total. The zero-order valence-electron chi connectivity index (χ0n) is 13.0. The molecule has 1 aliphatic rings. The van der Waals surface area contributed by atoms with Crippen molar-refractivity contribution >= 4 is 43.4 Å². The minimum atomic E-state index is -0.379. The predicted octanol–water partition coefficient (Wildman–Crippen LogP) is 0.273. The first-order valence-corrected chi connectivity index (χ1v) is 8.29. The van der Waals surface area contributed by atoms with Gasteiger partial charge < -0.3 is 10.2 Å². The first-order chi connectivity index (χ1) is 11.6. The second kappa shape index (κ2) is 7.00. The molecule has 0 saturated carbocycles. The third kappa shape index (κ3) is 3.26. The molecule has 2 amide bonds. The van der Waals surface area contributed by atoms with Crippen LogP contribution in [-0.4, -0.2) is 57.1 Å². The second-order valence-corrected chi connectivity index (χ2v) is 6.36. The van der Waals surface area contributed by atoms with E-state index in [1.54, 1.807) is 12.3 Å². The van der Waals surface area contributed by atoms with Crippen molar-refractivity contribution in [2.45, 2.75) is 18.9 Å². The number of fused-ring (bicyclic) bond motifs is 1. The van der Waals surface area contributed by atoms with Crippen LogP contribution in [-0.2, 0) is 4.79 Å². The van der Waals surface area contributed by atoms with Crippen LogP contribution in [0.1, 0.15) is 23.2 Å². The van der Waals surface area contributed by atoms with E-state index in [0.29, 0.717) is 18.5 Å². The van der Waals surface area contributed by atoms with Gasteiger partial charge in [0.05, 0.1) is 23.7 Å². The molecule has 24 heavy (non-hydrogen) atoms. The normalized spacial score (nSPS) is 16.8. The van der Waals surface area contributed by atoms with Crippen molar-refractivity contribution in [1.29, 1.82) is 5.26 Å². The van der Waals surface area contributed by atoms with Gasteiger partial charge in [0, 0.05) is 18.1 Å². The van der Waals surface area contributed by atoms with E-state index < -0.39 is 0 Å². The van der Waals surface area contributed by atoms with Gasteiger partial charge in [0.2, 0.25) is 5.91 Å². The smallest absolute Gasteiger partial charge is 0.252 e. The van der Waals surface area contributed by atoms with Crippen LogP contribution in [0.3, 0.4) is 0 Å². The summed E-state index contributed by atoms with van der Waals surface area (Å²) < 4.78 is 0.953. The van der Waals surface area contributed by atoms with E-state index in [0.717, 1.165) is 21.7 Å². The van der Waals surface area contributed by atoms with Crippen LogP contribution in [0.2, 0.25) is 0 Å². The lowest BCUT2D eigenvalue weighted by Gasteiger charge is -2.19. The molecular weight excluding hydrogens is 319 g/mol. The molecule has 0 aliphatic carbocycles. The summed E-state index contributed by atoms with van der Waals surface area (Å²) in [6.07, 6.45) is 3.10. The summed E-state index contributed by atoms with van der Waals surface area (Å²) in [5, 5.41) is 12.4. The van der Waals surface area contributed by atoms with Crippen molar-refractivity contribution in [3.8, 4) is 6.07 Å². The quantitative estimate of drug-likeness (QED) is 0.817. The highest BCUT2D eigenvalue weighted by molar-refractivity contribution is 6.33. The number of nitrogens with zero attached hydrogens (tertiary/aromatic N) is 3. The molecule has 2 heterocycles. The number of hydrogen-bond donors (Lipinski definition) is 1. The molecule has 2 aromatic rings. The predicted molar refractivity (Wildman–Crippen MR) is 89.8 cm³/mol. The number of nitrogens with one attached hydrogen (secondary N) is 1. The molecule has 1 aromatic heterocycles. The SMILES string of the molecule is N#C[C@@H]1CCCN1C(=O)CNC(=O)c1ccnc2cc[c]([Al])cc12. The first kappa shape index (κ1) is 16.5. The molecule has 1 aliphatic heterocycles. The van der Waals surface area contributed by atoms with Gasteiger partial charge in [0.1, 0.15) is 6.04 Å². The third-order valence-corrected chi connectivity index (χ3v) is 4.49. The average molecular weight is 334 g/mol. The fourth-order valence-electron chi connectivity index (χ4n) is 2.91. The lowest BCUT2D eigenvalue weighted by atomic mass is 10.1. The summed E-state index contributed by atoms with van der Waals surface area (Å²) in [6.45, 7) is 0.461. The second-order valence-electron chi connectivity index (χ2n) is 5.69. The van der Waals surface area contributed by atoms with Gasteiger partial charge in [-0.15, -0.1) is 4.43 Å². The molecule has 0 bridgehead atoms. The molecular formula is C17H15AlN4O2. The summed E-state index contributed by atoms with van der Waals surface area (Å²) in [6, 6.07) is 9.01. The van der Waals surface area contributed by atoms with E-state index in [9.17, 15) is 9.59 Å². The maximum atomic E-state index is 12.5. The molecule has 0 spiro atoms. The Morgan fingerprint density at radius 2 is 2.25 bits per heavy atom. The number of rotatable bonds is 3. The van der Waals surface area contributed by atoms with Crippen LogP contribution in [0, 0.1) is 11.3 Å². The zero-order valence-corrected chi connectivity index (χ0v) is 14.2. The van der Waals surface area contributed by atoms with E-state index in [1.807, 2.05) is 18.2 Å². The van der Waals surface area contributed by atoms with Crippen molar-refractivity contribution in [1.82, 2.24) is 15.2 Å². The number of amides is 2. The van der Waals surface area contributed by atoms with Crippen LogP contribution in [0.5, 0.6) is 0 Å². The Balaban J connectivity index is 1.73. The molecule has 2 radical (unpaired) electrons. The summed E-state index contributed by atoms with van der Waals surface area (Å²) in [4.78, 5) is 30.4. The standard InChI is InChI=1S/C17H15N4O2.Al/c18-10-12-4-3-9-21(12)16(22)11-20-17(23)14-7-8-19-15-6-2-1-5-13(14)15;/h2,5-8,12H,3-4,9,11H2,(H,20,23);/t12-;/m0./s1. The van der Waals surface area contributed by atoms with Gasteiger partial charge in [-0.25, -0.2) is 0 Å². The number of hydrogen-bond acceptors (Lipinski definition) is 4. The third-order valence-electron chi connectivity index (χ3n) is 4.13. The van der Waals surface area contributed by atoms with Crippen LogP contribution in [0.25, 0.3) is 10.9 Å². The Bertz CT molecular complexity index is 846. The fraction of sp³-hybridized carbons (Fsp3) is 0.294. The van der Waals surface area contributed by atoms with E-state index >= 15 is 0 Å². The Hall–Kier alpha value is -2.41. The summed E-state index contributed by atoms with van der Waals surface area (Å²) in [5.74, 6) is -0.545. The summed E-state index contributed by atoms with van der Waals surface area (Å²) in [7, 11) is 0. The van der Waals surface area contributed by atoms with Crippen LogP contribution >= 0.6 is 0 Å². The zero-order chi connectivity index (χ0) is 17.1. The van der Waals surface area contributed by atoms with Gasteiger partial charge in [0.15, 0.2) is 16.3 Å². The van der Waals surface area contributed by atoms with Crippen molar-refractivity contribution in [3.63, 3.8) is 0 Å². The Morgan fingerprint density at radius 1 is 1.42 bits per heavy atom. The fourth-order valence-corrected chi connectivity index (χ4v) is 3.18. The van der Waals surface area contributed by atoms with E-state index in [1.165, 1.54) is 4.90 Å². The highest BCUT2D eigenvalue weighted by Gasteiger charge is 2.28. The van der Waals surface area contributed by atoms with Gasteiger partial charge in [-0.3, -0.25) is 14.6 Å². The van der Waals surface area contributed by atoms with Crippen molar-refractivity contribution in [2.75, 3.05) is 13.1 Å². The summed E-state index contributed by atoms with van der Waals surface area (Å²) >= 11 is 2.59. The van der Waals surface area contributed by atoms with Gasteiger partial charge in [-0.2, -0.15) is 5.26 Å². The molecule has 0 unspecified atom stereocenters. The molecule has 1 N–H and O–H groups in total. The van der Waals surface area contributed by atoms with Gasteiger partial charge >= 0.3 is 0 Å². The Kier molecular flexibility index (Phi) is 4.80. The molecule has 1 fully saturated rings.